The van der Waals surface area contributed by atoms with Crippen LogP contribution in [0.25, 0.3) is 0 Å². The summed E-state index contributed by atoms with van der Waals surface area (Å²) in [7, 11) is 0. The van der Waals surface area contributed by atoms with Gasteiger partial charge in [-0.2, -0.15) is 0 Å². The molecule has 0 amide bonds. The molecular formula is C42H72O2. The standard InChI is InChI=1S/C42H72O2/c1-7-8-9-10-11-12-13-14-15-16-17-18-19-20-21-22-23-24-25-35-42(43)44-37-36-41(6)34-28-33-40(5)32-27-31-39(4)30-26-29-38(2)3/h8-9,11-12,14-15,17-18,20-21,36,38-40H,7,10,13,16,19,22-35,37H2,1-6H3/b9-8-,12-11-,15-14-,18-17-,21-20-,41-36+/t39-,40-/m1/s1. The van der Waals surface area contributed by atoms with Gasteiger partial charge in [-0.3, -0.25) is 4.79 Å². The van der Waals surface area contributed by atoms with E-state index >= 15 is 0 Å². The van der Waals surface area contributed by atoms with Gasteiger partial charge in [0.2, 0.25) is 0 Å². The molecule has 0 saturated heterocycles. The van der Waals surface area contributed by atoms with Crippen LogP contribution >= 0.6 is 0 Å². The van der Waals surface area contributed by atoms with E-state index in [1.807, 2.05) is 0 Å². The number of ether oxygens (including phenoxy) is 1. The van der Waals surface area contributed by atoms with Crippen LogP contribution in [0.3, 0.4) is 0 Å². The van der Waals surface area contributed by atoms with Gasteiger partial charge in [0.25, 0.3) is 0 Å². The lowest BCUT2D eigenvalue weighted by Gasteiger charge is -2.15. The van der Waals surface area contributed by atoms with Crippen molar-refractivity contribution in [1.82, 2.24) is 0 Å². The van der Waals surface area contributed by atoms with Gasteiger partial charge in [0.1, 0.15) is 6.61 Å². The lowest BCUT2D eigenvalue weighted by Crippen LogP contribution is -2.04. The monoisotopic (exact) mass is 609 g/mol. The van der Waals surface area contributed by atoms with Crippen molar-refractivity contribution in [2.24, 2.45) is 17.8 Å². The molecule has 2 heteroatoms. The van der Waals surface area contributed by atoms with E-state index in [-0.39, 0.29) is 5.97 Å². The van der Waals surface area contributed by atoms with E-state index in [9.17, 15) is 4.79 Å². The summed E-state index contributed by atoms with van der Waals surface area (Å²) in [6.45, 7) is 14.3. The number of hydrogen-bond acceptors (Lipinski definition) is 2. The molecule has 0 unspecified atom stereocenters. The third kappa shape index (κ3) is 32.8. The minimum atomic E-state index is -0.0593. The van der Waals surface area contributed by atoms with Crippen LogP contribution < -0.4 is 0 Å². The van der Waals surface area contributed by atoms with Gasteiger partial charge in [-0.25, -0.2) is 0 Å². The maximum Gasteiger partial charge on any atom is 0.306 e. The molecule has 0 aliphatic carbocycles. The van der Waals surface area contributed by atoms with Crippen molar-refractivity contribution < 1.29 is 9.53 Å². The molecule has 44 heavy (non-hydrogen) atoms. The third-order valence-corrected chi connectivity index (χ3v) is 8.23. The average Bonchev–Trinajstić information content (AvgIpc) is 2.98. The molecule has 0 saturated carbocycles. The summed E-state index contributed by atoms with van der Waals surface area (Å²) in [4.78, 5) is 12.1. The fraction of sp³-hybridized carbons (Fsp3) is 0.690. The first-order valence-electron chi connectivity index (χ1n) is 18.4. The van der Waals surface area contributed by atoms with Gasteiger partial charge in [0.05, 0.1) is 0 Å². The Morgan fingerprint density at radius 1 is 0.568 bits per heavy atom. The van der Waals surface area contributed by atoms with E-state index in [2.05, 4.69) is 108 Å². The second-order valence-electron chi connectivity index (χ2n) is 13.4. The zero-order valence-corrected chi connectivity index (χ0v) is 30.0. The van der Waals surface area contributed by atoms with E-state index < -0.39 is 0 Å². The maximum atomic E-state index is 12.1. The molecule has 0 aromatic heterocycles. The predicted octanol–water partition coefficient (Wildman–Crippen LogP) is 13.6. The van der Waals surface area contributed by atoms with Crippen molar-refractivity contribution in [1.29, 1.82) is 0 Å². The fourth-order valence-corrected chi connectivity index (χ4v) is 5.24. The van der Waals surface area contributed by atoms with Gasteiger partial charge < -0.3 is 4.74 Å². The van der Waals surface area contributed by atoms with Gasteiger partial charge in [0, 0.05) is 6.42 Å². The van der Waals surface area contributed by atoms with E-state index in [4.69, 9.17) is 4.74 Å². The van der Waals surface area contributed by atoms with Gasteiger partial charge in [-0.1, -0.05) is 152 Å². The maximum absolute atomic E-state index is 12.1. The van der Waals surface area contributed by atoms with Crippen LogP contribution in [0.4, 0.5) is 0 Å². The minimum absolute atomic E-state index is 0.0593. The van der Waals surface area contributed by atoms with Crippen molar-refractivity contribution in [3.8, 4) is 0 Å². The molecule has 2 nitrogen and oxygen atoms in total. The molecule has 0 spiro atoms. The molecule has 0 N–H and O–H groups in total. The fourth-order valence-electron chi connectivity index (χ4n) is 5.24. The highest BCUT2D eigenvalue weighted by Crippen LogP contribution is 2.22. The van der Waals surface area contributed by atoms with Crippen LogP contribution in [0.2, 0.25) is 0 Å². The molecule has 0 fully saturated rings. The smallest absolute Gasteiger partial charge is 0.306 e. The summed E-state index contributed by atoms with van der Waals surface area (Å²) >= 11 is 0. The summed E-state index contributed by atoms with van der Waals surface area (Å²) in [5.74, 6) is 2.47. The lowest BCUT2D eigenvalue weighted by molar-refractivity contribution is -0.142. The Hall–Kier alpha value is -2.09. The Morgan fingerprint density at radius 2 is 1.07 bits per heavy atom. The second-order valence-corrected chi connectivity index (χ2v) is 13.4. The third-order valence-electron chi connectivity index (χ3n) is 8.23. The normalized spacial score (nSPS) is 14.4. The molecule has 0 aliphatic rings. The highest BCUT2D eigenvalue weighted by Gasteiger charge is 2.07. The predicted molar refractivity (Wildman–Crippen MR) is 197 cm³/mol. The molecule has 0 aromatic carbocycles. The Morgan fingerprint density at radius 3 is 1.61 bits per heavy atom. The SMILES string of the molecule is CC/C=C\C/C=C\C/C=C\C/C=C\C/C=C\CCCCCC(=O)OC/C=C(\C)CCC[C@H](C)CCC[C@H](C)CCCC(C)C. The Kier molecular flexibility index (Phi) is 30.8. The Balaban J connectivity index is 3.67. The Bertz CT molecular complexity index is 823. The average molecular weight is 609 g/mol. The number of esters is 1. The number of hydrogen-bond donors (Lipinski definition) is 0. The van der Waals surface area contributed by atoms with Gasteiger partial charge in [-0.05, 0) is 95.0 Å². The number of allylic oxidation sites excluding steroid dienone is 11. The summed E-state index contributed by atoms with van der Waals surface area (Å²) in [5, 5.41) is 0. The number of unbranched alkanes of at least 4 members (excludes halogenated alkanes) is 3. The molecule has 0 aromatic rings. The Labute approximate surface area is 275 Å². The summed E-state index contributed by atoms with van der Waals surface area (Å²) in [5.41, 5.74) is 1.35. The topological polar surface area (TPSA) is 26.3 Å². The zero-order chi connectivity index (χ0) is 32.5. The summed E-state index contributed by atoms with van der Waals surface area (Å²) < 4.78 is 5.45. The van der Waals surface area contributed by atoms with Crippen molar-refractivity contribution in [3.05, 3.63) is 72.4 Å². The van der Waals surface area contributed by atoms with Crippen LogP contribution in [-0.2, 0) is 9.53 Å². The highest BCUT2D eigenvalue weighted by molar-refractivity contribution is 5.69. The number of rotatable bonds is 29. The van der Waals surface area contributed by atoms with E-state index in [0.29, 0.717) is 13.0 Å². The first-order valence-corrected chi connectivity index (χ1v) is 18.4. The summed E-state index contributed by atoms with van der Waals surface area (Å²) in [6, 6.07) is 0. The van der Waals surface area contributed by atoms with Crippen molar-refractivity contribution in [3.63, 3.8) is 0 Å². The minimum Gasteiger partial charge on any atom is -0.461 e. The molecule has 0 bridgehead atoms. The van der Waals surface area contributed by atoms with Crippen LogP contribution in [0.1, 0.15) is 164 Å². The molecule has 252 valence electrons. The van der Waals surface area contributed by atoms with Crippen LogP contribution in [0, 0.1) is 17.8 Å². The molecule has 0 heterocycles. The molecule has 0 aliphatic heterocycles. The van der Waals surface area contributed by atoms with Crippen LogP contribution in [0.5, 0.6) is 0 Å². The second kappa shape index (κ2) is 32.3. The van der Waals surface area contributed by atoms with Gasteiger partial charge >= 0.3 is 5.97 Å². The van der Waals surface area contributed by atoms with Gasteiger partial charge in [0.15, 0.2) is 0 Å². The van der Waals surface area contributed by atoms with E-state index in [1.54, 1.807) is 0 Å². The first kappa shape index (κ1) is 41.9. The molecular weight excluding hydrogens is 536 g/mol. The number of carbonyl (C=O) groups is 1. The van der Waals surface area contributed by atoms with E-state index in [1.165, 1.54) is 56.9 Å². The van der Waals surface area contributed by atoms with Crippen molar-refractivity contribution in [2.75, 3.05) is 6.61 Å². The molecule has 2 atom stereocenters. The van der Waals surface area contributed by atoms with Gasteiger partial charge in [-0.15, -0.1) is 0 Å². The zero-order valence-electron chi connectivity index (χ0n) is 30.0. The lowest BCUT2D eigenvalue weighted by atomic mass is 9.91. The van der Waals surface area contributed by atoms with Crippen LogP contribution in [-0.4, -0.2) is 12.6 Å². The quantitative estimate of drug-likeness (QED) is 0.0479. The van der Waals surface area contributed by atoms with E-state index in [0.717, 1.165) is 82.0 Å². The molecule has 0 radical (unpaired) electrons. The number of carbonyl (C=O) groups excluding carboxylic acids is 1. The first-order chi connectivity index (χ1) is 21.3. The van der Waals surface area contributed by atoms with Crippen molar-refractivity contribution in [2.45, 2.75) is 164 Å². The summed E-state index contributed by atoms with van der Waals surface area (Å²) in [6.07, 6.45) is 46.2. The largest absolute Gasteiger partial charge is 0.461 e. The highest BCUT2D eigenvalue weighted by atomic mass is 16.5. The molecule has 0 rings (SSSR count). The van der Waals surface area contributed by atoms with Crippen LogP contribution in [0.15, 0.2) is 72.4 Å². The van der Waals surface area contributed by atoms with Crippen molar-refractivity contribution >= 4 is 5.97 Å².